The molecule has 1 saturated heterocycles. The molecule has 1 fully saturated rings. The average Bonchev–Trinajstić information content (AvgIpc) is 2.43. The summed E-state index contributed by atoms with van der Waals surface area (Å²) < 4.78 is 5.02. The smallest absolute Gasteiger partial charge is 0.241 e. The van der Waals surface area contributed by atoms with Crippen LogP contribution in [0.1, 0.15) is 12.8 Å². The minimum absolute atomic E-state index is 0. The Bertz CT molecular complexity index is 307. The number of nitrogens with zero attached hydrogens (tertiary/aromatic N) is 2. The number of ether oxygens (including phenoxy) is 1. The van der Waals surface area contributed by atoms with Gasteiger partial charge in [0.25, 0.3) is 0 Å². The van der Waals surface area contributed by atoms with E-state index < -0.39 is 0 Å². The van der Waals surface area contributed by atoms with Crippen LogP contribution in [0.3, 0.4) is 0 Å². The summed E-state index contributed by atoms with van der Waals surface area (Å²) in [6, 6.07) is 0. The summed E-state index contributed by atoms with van der Waals surface area (Å²) >= 11 is 0. The third kappa shape index (κ3) is 6.07. The molecule has 1 atom stereocenters. The topological polar surface area (TPSA) is 61.9 Å². The summed E-state index contributed by atoms with van der Waals surface area (Å²) in [5.74, 6) is -0.0201. The number of hydrogen-bond acceptors (Lipinski definition) is 4. The van der Waals surface area contributed by atoms with Crippen LogP contribution >= 0.6 is 12.4 Å². The largest absolute Gasteiger partial charge is 0.383 e. The molecule has 7 heteroatoms. The molecule has 0 spiro atoms. The zero-order valence-corrected chi connectivity index (χ0v) is 13.4. The predicted octanol–water partition coefficient (Wildman–Crippen LogP) is -0.0290. The molecule has 6 nitrogen and oxygen atoms in total. The van der Waals surface area contributed by atoms with Crippen molar-refractivity contribution in [3.05, 3.63) is 0 Å². The number of likely N-dealkylation sites (N-methyl/N-ethyl adjacent to an activating group) is 1. The lowest BCUT2D eigenvalue weighted by atomic mass is 9.98. The molecule has 1 aliphatic rings. The molecule has 0 radical (unpaired) electrons. The minimum atomic E-state index is -0.0618. The number of halogens is 1. The predicted molar refractivity (Wildman–Crippen MR) is 80.0 cm³/mol. The van der Waals surface area contributed by atoms with Gasteiger partial charge < -0.3 is 19.9 Å². The maximum atomic E-state index is 12.4. The number of methoxy groups -OCH3 is 1. The fourth-order valence-electron chi connectivity index (χ4n) is 2.09. The Morgan fingerprint density at radius 3 is 2.55 bits per heavy atom. The highest BCUT2D eigenvalue weighted by Crippen LogP contribution is 2.13. The lowest BCUT2D eigenvalue weighted by Crippen LogP contribution is -2.47. The van der Waals surface area contributed by atoms with E-state index in [1.165, 1.54) is 4.90 Å². The van der Waals surface area contributed by atoms with Crippen molar-refractivity contribution in [2.45, 2.75) is 12.8 Å². The van der Waals surface area contributed by atoms with Crippen molar-refractivity contribution in [2.75, 3.05) is 54.0 Å². The number of carbonyl (C=O) groups excluding carboxylic acids is 2. The molecule has 1 rings (SSSR count). The number of carbonyl (C=O) groups is 2. The van der Waals surface area contributed by atoms with E-state index in [2.05, 4.69) is 5.32 Å². The first-order chi connectivity index (χ1) is 9.06. The standard InChI is InChI=1S/C13H25N3O3.ClH/c1-15(2)12(17)10-16(7-8-19-3)13(18)11-5-4-6-14-9-11;/h11,14H,4-10H2,1-3H3;1H/t11-;/m1./s1. The highest BCUT2D eigenvalue weighted by molar-refractivity contribution is 5.86. The van der Waals surface area contributed by atoms with Crippen LogP contribution in [0.4, 0.5) is 0 Å². The third-order valence-corrected chi connectivity index (χ3v) is 3.35. The summed E-state index contributed by atoms with van der Waals surface area (Å²) in [4.78, 5) is 27.3. The molecule has 0 bridgehead atoms. The Hall–Kier alpha value is -0.850. The normalized spacial score (nSPS) is 18.1. The second kappa shape index (κ2) is 9.96. The van der Waals surface area contributed by atoms with Crippen molar-refractivity contribution >= 4 is 24.2 Å². The lowest BCUT2D eigenvalue weighted by molar-refractivity contribution is -0.142. The molecule has 118 valence electrons. The van der Waals surface area contributed by atoms with Gasteiger partial charge in [0.15, 0.2) is 0 Å². The van der Waals surface area contributed by atoms with Crippen LogP contribution in [-0.2, 0) is 14.3 Å². The number of rotatable bonds is 6. The van der Waals surface area contributed by atoms with E-state index in [-0.39, 0.29) is 36.7 Å². The molecular weight excluding hydrogens is 282 g/mol. The minimum Gasteiger partial charge on any atom is -0.383 e. The van der Waals surface area contributed by atoms with Crippen molar-refractivity contribution in [1.82, 2.24) is 15.1 Å². The molecule has 1 N–H and O–H groups in total. The van der Waals surface area contributed by atoms with Gasteiger partial charge in [0.05, 0.1) is 19.1 Å². The number of piperidine rings is 1. The Morgan fingerprint density at radius 1 is 1.35 bits per heavy atom. The van der Waals surface area contributed by atoms with Crippen molar-refractivity contribution in [3.63, 3.8) is 0 Å². The molecule has 0 aliphatic carbocycles. The van der Waals surface area contributed by atoms with Crippen LogP contribution in [0, 0.1) is 5.92 Å². The molecule has 1 heterocycles. The van der Waals surface area contributed by atoms with Crippen molar-refractivity contribution in [1.29, 1.82) is 0 Å². The maximum absolute atomic E-state index is 12.4. The number of amides is 2. The van der Waals surface area contributed by atoms with E-state index in [0.717, 1.165) is 19.4 Å². The van der Waals surface area contributed by atoms with E-state index >= 15 is 0 Å². The van der Waals surface area contributed by atoms with Crippen LogP contribution < -0.4 is 5.32 Å². The molecule has 1 aliphatic heterocycles. The van der Waals surface area contributed by atoms with Crippen molar-refractivity contribution in [2.24, 2.45) is 5.92 Å². The van der Waals surface area contributed by atoms with E-state index in [9.17, 15) is 9.59 Å². The quantitative estimate of drug-likeness (QED) is 0.749. The molecule has 0 aromatic carbocycles. The van der Waals surface area contributed by atoms with Gasteiger partial charge in [-0.3, -0.25) is 9.59 Å². The third-order valence-electron chi connectivity index (χ3n) is 3.35. The van der Waals surface area contributed by atoms with Crippen molar-refractivity contribution in [3.8, 4) is 0 Å². The second-order valence-corrected chi connectivity index (χ2v) is 5.08. The molecule has 0 saturated carbocycles. The zero-order chi connectivity index (χ0) is 14.3. The number of hydrogen-bond donors (Lipinski definition) is 1. The van der Waals surface area contributed by atoms with Crippen molar-refractivity contribution < 1.29 is 14.3 Å². The molecule has 2 amide bonds. The highest BCUT2D eigenvalue weighted by Gasteiger charge is 2.27. The molecule has 20 heavy (non-hydrogen) atoms. The van der Waals surface area contributed by atoms with Crippen LogP contribution in [0.15, 0.2) is 0 Å². The van der Waals surface area contributed by atoms with E-state index in [4.69, 9.17) is 4.74 Å². The van der Waals surface area contributed by atoms with Crippen LogP contribution in [0.25, 0.3) is 0 Å². The van der Waals surface area contributed by atoms with Crippen LogP contribution in [0.2, 0.25) is 0 Å². The van der Waals surface area contributed by atoms with Gasteiger partial charge in [-0.05, 0) is 19.4 Å². The lowest BCUT2D eigenvalue weighted by Gasteiger charge is -2.29. The summed E-state index contributed by atoms with van der Waals surface area (Å²) in [7, 11) is 4.99. The molecule has 0 aromatic rings. The Labute approximate surface area is 127 Å². The monoisotopic (exact) mass is 307 g/mol. The summed E-state index contributed by atoms with van der Waals surface area (Å²) in [6.45, 7) is 2.72. The first-order valence-electron chi connectivity index (χ1n) is 6.75. The van der Waals surface area contributed by atoms with Gasteiger partial charge in [-0.1, -0.05) is 0 Å². The maximum Gasteiger partial charge on any atom is 0.241 e. The Kier molecular flexibility index (Phi) is 9.54. The fraction of sp³-hybridized carbons (Fsp3) is 0.846. The zero-order valence-electron chi connectivity index (χ0n) is 12.6. The number of nitrogens with one attached hydrogen (secondary N) is 1. The average molecular weight is 308 g/mol. The van der Waals surface area contributed by atoms with Crippen LogP contribution in [-0.4, -0.2) is 75.6 Å². The first-order valence-corrected chi connectivity index (χ1v) is 6.75. The van der Waals surface area contributed by atoms with Gasteiger partial charge in [0.2, 0.25) is 11.8 Å². The molecule has 0 unspecified atom stereocenters. The second-order valence-electron chi connectivity index (χ2n) is 5.08. The van der Waals surface area contributed by atoms with Gasteiger partial charge in [-0.15, -0.1) is 12.4 Å². The van der Waals surface area contributed by atoms with Gasteiger partial charge in [-0.25, -0.2) is 0 Å². The summed E-state index contributed by atoms with van der Waals surface area (Å²) in [5, 5.41) is 3.23. The van der Waals surface area contributed by atoms with Gasteiger partial charge in [0, 0.05) is 34.3 Å². The SMILES string of the molecule is COCCN(CC(=O)N(C)C)C(=O)[C@@H]1CCCNC1.Cl. The van der Waals surface area contributed by atoms with Gasteiger partial charge in [0.1, 0.15) is 0 Å². The van der Waals surface area contributed by atoms with E-state index in [0.29, 0.717) is 19.7 Å². The Balaban J connectivity index is 0.00000361. The summed E-state index contributed by atoms with van der Waals surface area (Å²) in [5.41, 5.74) is 0. The summed E-state index contributed by atoms with van der Waals surface area (Å²) in [6.07, 6.45) is 1.90. The van der Waals surface area contributed by atoms with Gasteiger partial charge in [-0.2, -0.15) is 0 Å². The fourth-order valence-corrected chi connectivity index (χ4v) is 2.09. The highest BCUT2D eigenvalue weighted by atomic mass is 35.5. The van der Waals surface area contributed by atoms with Gasteiger partial charge >= 0.3 is 0 Å². The first kappa shape index (κ1) is 19.1. The van der Waals surface area contributed by atoms with Crippen LogP contribution in [0.5, 0.6) is 0 Å². The molecular formula is C13H26ClN3O3. The van der Waals surface area contributed by atoms with E-state index in [1.54, 1.807) is 26.1 Å². The molecule has 0 aromatic heterocycles. The Morgan fingerprint density at radius 2 is 2.05 bits per heavy atom. The van der Waals surface area contributed by atoms with E-state index in [1.807, 2.05) is 0 Å².